The summed E-state index contributed by atoms with van der Waals surface area (Å²) in [4.78, 5) is 8.05. The maximum atomic E-state index is 6.04. The summed E-state index contributed by atoms with van der Waals surface area (Å²) >= 11 is 6.04. The van der Waals surface area contributed by atoms with Crippen molar-refractivity contribution in [1.82, 2.24) is 10.3 Å². The highest BCUT2D eigenvalue weighted by Crippen LogP contribution is 2.21. The Labute approximate surface area is 141 Å². The van der Waals surface area contributed by atoms with E-state index in [9.17, 15) is 0 Å². The molecule has 0 bridgehead atoms. The fourth-order valence-electron chi connectivity index (χ4n) is 2.22. The summed E-state index contributed by atoms with van der Waals surface area (Å²) in [6.07, 6.45) is 6.76. The predicted molar refractivity (Wildman–Crippen MR) is 95.0 cm³/mol. The van der Waals surface area contributed by atoms with Crippen LogP contribution in [0.5, 0.6) is 0 Å². The van der Waals surface area contributed by atoms with E-state index in [1.165, 1.54) is 12.4 Å². The molecule has 23 heavy (non-hydrogen) atoms. The lowest BCUT2D eigenvalue weighted by molar-refractivity contribution is 0.0671. The number of hydrogen-bond donors (Lipinski definition) is 3. The van der Waals surface area contributed by atoms with Crippen LogP contribution in [0.1, 0.15) is 18.4 Å². The molecule has 0 spiro atoms. The van der Waals surface area contributed by atoms with Crippen LogP contribution in [0, 0.1) is 5.92 Å². The fourth-order valence-corrected chi connectivity index (χ4v) is 2.44. The third kappa shape index (κ3) is 5.58. The van der Waals surface area contributed by atoms with Gasteiger partial charge in [-0.3, -0.25) is 4.99 Å². The quantitative estimate of drug-likeness (QED) is 0.692. The van der Waals surface area contributed by atoms with Crippen molar-refractivity contribution in [3.8, 4) is 0 Å². The molecular formula is C16H22ClN5O. The number of anilines is 1. The van der Waals surface area contributed by atoms with Crippen LogP contribution >= 0.6 is 11.6 Å². The molecule has 1 aliphatic heterocycles. The maximum Gasteiger partial charge on any atom is 0.124 e. The summed E-state index contributed by atoms with van der Waals surface area (Å²) in [5.74, 6) is 0.973. The largest absolute Gasteiger partial charge is 0.397 e. The summed E-state index contributed by atoms with van der Waals surface area (Å²) in [6, 6.07) is 1.61. The Morgan fingerprint density at radius 1 is 1.52 bits per heavy atom. The molecule has 1 saturated heterocycles. The number of allylic oxidation sites excluding steroid dienone is 1. The molecule has 1 aliphatic rings. The molecule has 6 nitrogen and oxygen atoms in total. The average molecular weight is 336 g/mol. The molecule has 7 heteroatoms. The first-order valence-corrected chi connectivity index (χ1v) is 7.85. The topological polar surface area (TPSA) is 98.5 Å². The van der Waals surface area contributed by atoms with E-state index < -0.39 is 0 Å². The maximum absolute atomic E-state index is 6.04. The minimum Gasteiger partial charge on any atom is -0.397 e. The summed E-state index contributed by atoms with van der Waals surface area (Å²) in [6.45, 7) is 6.47. The number of rotatable bonds is 6. The van der Waals surface area contributed by atoms with E-state index in [2.05, 4.69) is 21.9 Å². The van der Waals surface area contributed by atoms with Crippen LogP contribution in [0.25, 0.3) is 5.70 Å². The van der Waals surface area contributed by atoms with Gasteiger partial charge < -0.3 is 21.5 Å². The molecule has 1 fully saturated rings. The highest BCUT2D eigenvalue weighted by atomic mass is 35.5. The molecule has 1 aromatic rings. The molecule has 2 rings (SSSR count). The second-order valence-corrected chi connectivity index (χ2v) is 5.82. The van der Waals surface area contributed by atoms with Gasteiger partial charge in [-0.05, 0) is 24.8 Å². The van der Waals surface area contributed by atoms with Gasteiger partial charge >= 0.3 is 0 Å². The van der Waals surface area contributed by atoms with Gasteiger partial charge in [0, 0.05) is 43.4 Å². The normalized spacial score (nSPS) is 16.7. The number of ether oxygens (including phenoxy) is 1. The van der Waals surface area contributed by atoms with Crippen LogP contribution in [0.15, 0.2) is 35.7 Å². The van der Waals surface area contributed by atoms with E-state index >= 15 is 0 Å². The Balaban J connectivity index is 1.86. The van der Waals surface area contributed by atoms with Crippen LogP contribution < -0.4 is 16.8 Å². The van der Waals surface area contributed by atoms with Gasteiger partial charge in [0.15, 0.2) is 0 Å². The van der Waals surface area contributed by atoms with Crippen molar-refractivity contribution in [2.24, 2.45) is 16.6 Å². The molecule has 0 aliphatic carbocycles. The number of aliphatic imine (C=N–C) groups is 1. The third-order valence-corrected chi connectivity index (χ3v) is 3.89. The lowest BCUT2D eigenvalue weighted by atomic mass is 10.0. The van der Waals surface area contributed by atoms with Gasteiger partial charge in [-0.2, -0.15) is 0 Å². The number of aromatic nitrogens is 1. The van der Waals surface area contributed by atoms with E-state index in [0.717, 1.165) is 38.3 Å². The molecule has 2 heterocycles. The van der Waals surface area contributed by atoms with Crippen molar-refractivity contribution in [1.29, 1.82) is 0 Å². The van der Waals surface area contributed by atoms with Crippen molar-refractivity contribution in [3.05, 3.63) is 41.3 Å². The summed E-state index contributed by atoms with van der Waals surface area (Å²) in [5, 5.41) is 3.69. The summed E-state index contributed by atoms with van der Waals surface area (Å²) in [7, 11) is 0. The third-order valence-electron chi connectivity index (χ3n) is 3.59. The molecule has 124 valence electrons. The van der Waals surface area contributed by atoms with Crippen molar-refractivity contribution < 1.29 is 4.74 Å². The molecule has 0 atom stereocenters. The SMILES string of the molecule is C=C(/C=N\C=C(/N)c1cc(N)ncc1Cl)NCC1CCOCC1. The number of pyridine rings is 1. The van der Waals surface area contributed by atoms with Crippen LogP contribution in [0.4, 0.5) is 5.82 Å². The van der Waals surface area contributed by atoms with Gasteiger partial charge in [-0.25, -0.2) is 4.98 Å². The zero-order valence-electron chi connectivity index (χ0n) is 13.0. The minimum absolute atomic E-state index is 0.354. The Kier molecular flexibility index (Phi) is 6.43. The van der Waals surface area contributed by atoms with E-state index in [-0.39, 0.29) is 0 Å². The standard InChI is InChI=1S/C16H22ClN5O/c1-11(21-8-12-2-4-23-5-3-12)7-20-10-15(18)13-6-16(19)22-9-14(13)17/h6-7,9-10,12,21H,1-5,8,18H2,(H2,19,22)/b15-10-,20-7-. The van der Waals surface area contributed by atoms with E-state index in [4.69, 9.17) is 27.8 Å². The summed E-state index contributed by atoms with van der Waals surface area (Å²) in [5.41, 5.74) is 13.3. The average Bonchev–Trinajstić information content (AvgIpc) is 2.56. The minimum atomic E-state index is 0.354. The van der Waals surface area contributed by atoms with E-state index in [1.54, 1.807) is 12.3 Å². The monoisotopic (exact) mass is 335 g/mol. The van der Waals surface area contributed by atoms with E-state index in [0.29, 0.717) is 28.0 Å². The van der Waals surface area contributed by atoms with Crippen LogP contribution in [-0.4, -0.2) is 31.0 Å². The smallest absolute Gasteiger partial charge is 0.124 e. The molecule has 0 radical (unpaired) electrons. The molecule has 0 amide bonds. The second-order valence-electron chi connectivity index (χ2n) is 5.41. The number of nitrogen functional groups attached to an aromatic ring is 1. The first kappa shape index (κ1) is 17.3. The Hall–Kier alpha value is -2.05. The van der Waals surface area contributed by atoms with Crippen LogP contribution in [-0.2, 0) is 4.74 Å². The Morgan fingerprint density at radius 2 is 2.26 bits per heavy atom. The van der Waals surface area contributed by atoms with Crippen molar-refractivity contribution >= 4 is 29.3 Å². The first-order valence-electron chi connectivity index (χ1n) is 7.47. The zero-order chi connectivity index (χ0) is 16.7. The lowest BCUT2D eigenvalue weighted by Gasteiger charge is -2.22. The number of nitrogens with one attached hydrogen (secondary N) is 1. The van der Waals surface area contributed by atoms with Gasteiger partial charge in [-0.15, -0.1) is 0 Å². The van der Waals surface area contributed by atoms with Crippen molar-refractivity contribution in [3.63, 3.8) is 0 Å². The highest BCUT2D eigenvalue weighted by Gasteiger charge is 2.12. The number of hydrogen-bond acceptors (Lipinski definition) is 6. The first-order chi connectivity index (χ1) is 11.1. The van der Waals surface area contributed by atoms with Gasteiger partial charge in [0.1, 0.15) is 5.82 Å². The highest BCUT2D eigenvalue weighted by molar-refractivity contribution is 6.32. The molecule has 0 unspecified atom stereocenters. The van der Waals surface area contributed by atoms with E-state index in [1.807, 2.05) is 0 Å². The van der Waals surface area contributed by atoms with Crippen LogP contribution in [0.3, 0.4) is 0 Å². The number of halogens is 1. The second kappa shape index (κ2) is 8.55. The molecule has 1 aromatic heterocycles. The fraction of sp³-hybridized carbons (Fsp3) is 0.375. The van der Waals surface area contributed by atoms with Gasteiger partial charge in [0.05, 0.1) is 16.9 Å². The Morgan fingerprint density at radius 3 is 3.00 bits per heavy atom. The van der Waals surface area contributed by atoms with Gasteiger partial charge in [0.25, 0.3) is 0 Å². The zero-order valence-corrected chi connectivity index (χ0v) is 13.7. The molecule has 5 N–H and O–H groups in total. The summed E-state index contributed by atoms with van der Waals surface area (Å²) < 4.78 is 5.34. The van der Waals surface area contributed by atoms with Crippen molar-refractivity contribution in [2.45, 2.75) is 12.8 Å². The molecule has 0 saturated carbocycles. The van der Waals surface area contributed by atoms with Crippen molar-refractivity contribution in [2.75, 3.05) is 25.5 Å². The lowest BCUT2D eigenvalue weighted by Crippen LogP contribution is -2.27. The number of nitrogens with zero attached hydrogens (tertiary/aromatic N) is 2. The molecule has 0 aromatic carbocycles. The Bertz CT molecular complexity index is 608. The predicted octanol–water partition coefficient (Wildman–Crippen LogP) is 2.18. The van der Waals surface area contributed by atoms with Crippen LogP contribution in [0.2, 0.25) is 5.02 Å². The van der Waals surface area contributed by atoms with Gasteiger partial charge in [-0.1, -0.05) is 18.2 Å². The van der Waals surface area contributed by atoms with Gasteiger partial charge in [0.2, 0.25) is 0 Å². The number of nitrogens with two attached hydrogens (primary N) is 2. The molecular weight excluding hydrogens is 314 g/mol.